The van der Waals surface area contributed by atoms with Crippen LogP contribution in [0.4, 0.5) is 0 Å². The van der Waals surface area contributed by atoms with Crippen molar-refractivity contribution in [3.05, 3.63) is 33.8 Å². The summed E-state index contributed by atoms with van der Waals surface area (Å²) in [6, 6.07) is 6.21. The van der Waals surface area contributed by atoms with Gasteiger partial charge in [0.1, 0.15) is 5.84 Å². The minimum Gasteiger partial charge on any atom is -0.386 e. The van der Waals surface area contributed by atoms with Crippen molar-refractivity contribution in [1.82, 2.24) is 10.4 Å². The molecule has 0 aromatic heterocycles. The van der Waals surface area contributed by atoms with Gasteiger partial charge in [-0.3, -0.25) is 0 Å². The van der Waals surface area contributed by atoms with Crippen LogP contribution in [0.2, 0.25) is 0 Å². The first-order valence-electron chi connectivity index (χ1n) is 6.21. The molecule has 0 aliphatic rings. The number of halogens is 1. The molecule has 6 heteroatoms. The number of hydrazine groups is 1. The first-order chi connectivity index (χ1) is 8.95. The average Bonchev–Trinajstić information content (AvgIpc) is 2.33. The number of amidine groups is 1. The lowest BCUT2D eigenvalue weighted by Crippen LogP contribution is -2.34. The van der Waals surface area contributed by atoms with Gasteiger partial charge in [-0.1, -0.05) is 28.1 Å². The summed E-state index contributed by atoms with van der Waals surface area (Å²) in [4.78, 5) is 0. The van der Waals surface area contributed by atoms with E-state index in [0.29, 0.717) is 5.84 Å². The summed E-state index contributed by atoms with van der Waals surface area (Å²) < 4.78 is 1.07. The van der Waals surface area contributed by atoms with E-state index in [4.69, 9.17) is 11.6 Å². The largest absolute Gasteiger partial charge is 0.386 e. The molecule has 0 fully saturated rings. The SMILES string of the molecule is CNCCC(c1ccc(C)c(Br)c1)N(N)/N=C(/C)N. The van der Waals surface area contributed by atoms with E-state index in [-0.39, 0.29) is 6.04 Å². The predicted octanol–water partition coefficient (Wildman–Crippen LogP) is 1.88. The highest BCUT2D eigenvalue weighted by molar-refractivity contribution is 9.10. The Labute approximate surface area is 123 Å². The summed E-state index contributed by atoms with van der Waals surface area (Å²) in [6.45, 7) is 4.63. The van der Waals surface area contributed by atoms with Crippen LogP contribution in [0.1, 0.15) is 30.5 Å². The molecule has 5 nitrogen and oxygen atoms in total. The Kier molecular flexibility index (Phi) is 6.27. The van der Waals surface area contributed by atoms with E-state index in [2.05, 4.69) is 51.5 Å². The summed E-state index contributed by atoms with van der Waals surface area (Å²) in [5.41, 5.74) is 7.90. The Morgan fingerprint density at radius 1 is 1.53 bits per heavy atom. The number of hydrogen-bond donors (Lipinski definition) is 3. The second kappa shape index (κ2) is 7.47. The van der Waals surface area contributed by atoms with E-state index in [1.54, 1.807) is 6.92 Å². The number of benzene rings is 1. The third kappa shape index (κ3) is 4.81. The van der Waals surface area contributed by atoms with E-state index >= 15 is 0 Å². The fourth-order valence-corrected chi connectivity index (χ4v) is 2.20. The monoisotopic (exact) mass is 327 g/mol. The zero-order valence-corrected chi connectivity index (χ0v) is 13.2. The van der Waals surface area contributed by atoms with Crippen molar-refractivity contribution in [3.63, 3.8) is 0 Å². The maximum atomic E-state index is 6.00. The fraction of sp³-hybridized carbons (Fsp3) is 0.462. The standard InChI is InChI=1S/C13H22BrN5/c1-9-4-5-11(8-12(9)14)13(6-7-17-3)19(16)18-10(2)15/h4-5,8,13,17H,6-7,16H2,1-3H3,(H2,15,18). The van der Waals surface area contributed by atoms with Gasteiger partial charge >= 0.3 is 0 Å². The zero-order valence-electron chi connectivity index (χ0n) is 11.7. The predicted molar refractivity (Wildman–Crippen MR) is 83.5 cm³/mol. The Morgan fingerprint density at radius 2 is 2.21 bits per heavy atom. The Bertz CT molecular complexity index is 443. The van der Waals surface area contributed by atoms with Gasteiger partial charge in [-0.2, -0.15) is 0 Å². The van der Waals surface area contributed by atoms with Gasteiger partial charge < -0.3 is 11.1 Å². The Balaban J connectivity index is 3.01. The highest BCUT2D eigenvalue weighted by atomic mass is 79.9. The maximum Gasteiger partial charge on any atom is 0.118 e. The number of aryl methyl sites for hydroxylation is 1. The summed E-state index contributed by atoms with van der Waals surface area (Å²) >= 11 is 3.55. The molecule has 0 saturated carbocycles. The fourth-order valence-electron chi connectivity index (χ4n) is 1.80. The van der Waals surface area contributed by atoms with E-state index in [1.807, 2.05) is 7.05 Å². The molecule has 0 saturated heterocycles. The molecular formula is C13H22BrN5. The summed E-state index contributed by atoms with van der Waals surface area (Å²) in [7, 11) is 1.92. The number of nitrogens with two attached hydrogens (primary N) is 2. The van der Waals surface area contributed by atoms with Gasteiger partial charge in [-0.25, -0.2) is 11.0 Å². The van der Waals surface area contributed by atoms with Crippen molar-refractivity contribution in [2.45, 2.75) is 26.3 Å². The van der Waals surface area contributed by atoms with E-state index in [1.165, 1.54) is 10.7 Å². The lowest BCUT2D eigenvalue weighted by Gasteiger charge is -2.26. The van der Waals surface area contributed by atoms with Crippen LogP contribution in [0.15, 0.2) is 27.8 Å². The van der Waals surface area contributed by atoms with Crippen molar-refractivity contribution in [2.24, 2.45) is 16.7 Å². The van der Waals surface area contributed by atoms with Gasteiger partial charge in [-0.05, 0) is 51.1 Å². The molecule has 1 aromatic carbocycles. The summed E-state index contributed by atoms with van der Waals surface area (Å²) in [6.07, 6.45) is 0.847. The molecule has 0 heterocycles. The molecule has 0 amide bonds. The molecule has 1 aromatic rings. The smallest absolute Gasteiger partial charge is 0.118 e. The molecule has 0 aliphatic carbocycles. The quantitative estimate of drug-likeness (QED) is 0.322. The van der Waals surface area contributed by atoms with Gasteiger partial charge in [0.25, 0.3) is 0 Å². The van der Waals surface area contributed by atoms with Gasteiger partial charge in [0.15, 0.2) is 0 Å². The number of hydrogen-bond acceptors (Lipinski definition) is 4. The van der Waals surface area contributed by atoms with Crippen LogP contribution in [-0.2, 0) is 0 Å². The van der Waals surface area contributed by atoms with E-state index in [0.717, 1.165) is 23.0 Å². The van der Waals surface area contributed by atoms with Crippen LogP contribution in [0.5, 0.6) is 0 Å². The van der Waals surface area contributed by atoms with Crippen LogP contribution < -0.4 is 16.9 Å². The van der Waals surface area contributed by atoms with Crippen LogP contribution in [0.25, 0.3) is 0 Å². The Hall–Kier alpha value is -1.11. The minimum atomic E-state index is -0.0112. The topological polar surface area (TPSA) is 79.7 Å². The third-order valence-electron chi connectivity index (χ3n) is 2.84. The summed E-state index contributed by atoms with van der Waals surface area (Å²) in [5, 5.41) is 8.68. The normalized spacial score (nSPS) is 13.4. The molecular weight excluding hydrogens is 306 g/mol. The maximum absolute atomic E-state index is 6.00. The lowest BCUT2D eigenvalue weighted by molar-refractivity contribution is 0.200. The second-order valence-electron chi connectivity index (χ2n) is 4.54. The molecule has 0 radical (unpaired) electrons. The number of nitrogens with one attached hydrogen (secondary N) is 1. The van der Waals surface area contributed by atoms with Crippen molar-refractivity contribution in [1.29, 1.82) is 0 Å². The lowest BCUT2D eigenvalue weighted by atomic mass is 10.0. The molecule has 1 atom stereocenters. The molecule has 1 unspecified atom stereocenters. The molecule has 5 N–H and O–H groups in total. The van der Waals surface area contributed by atoms with Crippen molar-refractivity contribution >= 4 is 21.8 Å². The van der Waals surface area contributed by atoms with Crippen molar-refractivity contribution in [2.75, 3.05) is 13.6 Å². The van der Waals surface area contributed by atoms with Crippen LogP contribution >= 0.6 is 15.9 Å². The first-order valence-corrected chi connectivity index (χ1v) is 7.00. The highest BCUT2D eigenvalue weighted by Crippen LogP contribution is 2.26. The molecule has 0 bridgehead atoms. The minimum absolute atomic E-state index is 0.0112. The van der Waals surface area contributed by atoms with Crippen molar-refractivity contribution < 1.29 is 0 Å². The number of hydrazone groups is 1. The Morgan fingerprint density at radius 3 is 2.74 bits per heavy atom. The molecule has 0 spiro atoms. The van der Waals surface area contributed by atoms with Gasteiger partial charge in [-0.15, -0.1) is 5.10 Å². The average molecular weight is 328 g/mol. The summed E-state index contributed by atoms with van der Waals surface area (Å²) in [5.74, 6) is 6.45. The molecule has 19 heavy (non-hydrogen) atoms. The van der Waals surface area contributed by atoms with E-state index < -0.39 is 0 Å². The van der Waals surface area contributed by atoms with Crippen molar-refractivity contribution in [3.8, 4) is 0 Å². The van der Waals surface area contributed by atoms with Gasteiger partial charge in [0, 0.05) is 4.47 Å². The first kappa shape index (κ1) is 15.9. The van der Waals surface area contributed by atoms with Gasteiger partial charge in [0.2, 0.25) is 0 Å². The van der Waals surface area contributed by atoms with E-state index in [9.17, 15) is 0 Å². The third-order valence-corrected chi connectivity index (χ3v) is 3.70. The van der Waals surface area contributed by atoms with Crippen LogP contribution in [-0.4, -0.2) is 24.5 Å². The van der Waals surface area contributed by atoms with Crippen LogP contribution in [0, 0.1) is 6.92 Å². The number of rotatable bonds is 6. The number of nitrogens with zero attached hydrogens (tertiary/aromatic N) is 2. The molecule has 1 rings (SSSR count). The van der Waals surface area contributed by atoms with Gasteiger partial charge in [0.05, 0.1) is 6.04 Å². The van der Waals surface area contributed by atoms with Crippen LogP contribution in [0.3, 0.4) is 0 Å². The highest BCUT2D eigenvalue weighted by Gasteiger charge is 2.17. The molecule has 106 valence electrons. The second-order valence-corrected chi connectivity index (χ2v) is 5.39. The zero-order chi connectivity index (χ0) is 14.4. The molecule has 0 aliphatic heterocycles.